The molecule has 122 valence electrons. The van der Waals surface area contributed by atoms with Crippen LogP contribution in [0.5, 0.6) is 11.5 Å². The molecule has 0 aliphatic heterocycles. The second-order valence-corrected chi connectivity index (χ2v) is 4.94. The molecule has 1 rings (SSSR count). The van der Waals surface area contributed by atoms with Gasteiger partial charge >= 0.3 is 5.97 Å². The number of hydrogen-bond donors (Lipinski definition) is 0. The molecule has 0 aliphatic rings. The zero-order chi connectivity index (χ0) is 16.2. The van der Waals surface area contributed by atoms with E-state index in [1.54, 1.807) is 6.08 Å². The lowest BCUT2D eigenvalue weighted by atomic mass is 10.2. The van der Waals surface area contributed by atoms with Gasteiger partial charge in [0.25, 0.3) is 0 Å². The second-order valence-electron chi connectivity index (χ2n) is 4.94. The molecule has 0 saturated carbocycles. The van der Waals surface area contributed by atoms with Crippen molar-refractivity contribution in [3.8, 4) is 11.5 Å². The lowest BCUT2D eigenvalue weighted by Gasteiger charge is -2.10. The second kappa shape index (κ2) is 10.7. The first kappa shape index (κ1) is 18.1. The van der Waals surface area contributed by atoms with E-state index in [4.69, 9.17) is 14.2 Å². The van der Waals surface area contributed by atoms with E-state index in [1.165, 1.54) is 6.08 Å². The molecule has 4 nitrogen and oxygen atoms in total. The van der Waals surface area contributed by atoms with Crippen LogP contribution < -0.4 is 9.47 Å². The number of rotatable bonds is 10. The Morgan fingerprint density at radius 3 is 1.95 bits per heavy atom. The summed E-state index contributed by atoms with van der Waals surface area (Å²) in [5, 5.41) is 0. The molecule has 0 spiro atoms. The zero-order valence-electron chi connectivity index (χ0n) is 13.8. The summed E-state index contributed by atoms with van der Waals surface area (Å²) in [5.74, 6) is 1.16. The van der Waals surface area contributed by atoms with E-state index in [9.17, 15) is 4.79 Å². The number of ether oxygens (including phenoxy) is 3. The monoisotopic (exact) mass is 306 g/mol. The standard InChI is InChI=1S/C18H26O4/c1-4-9-20-16-12-15(7-8-18(19)22-11-6-3)13-17(14-16)21-10-5-2/h7-8,12-14H,4-6,9-11H2,1-3H3. The molecule has 0 atom stereocenters. The summed E-state index contributed by atoms with van der Waals surface area (Å²) in [6, 6.07) is 5.65. The molecule has 0 saturated heterocycles. The maximum atomic E-state index is 11.5. The Morgan fingerprint density at radius 2 is 1.45 bits per heavy atom. The predicted molar refractivity (Wildman–Crippen MR) is 88.3 cm³/mol. The quantitative estimate of drug-likeness (QED) is 0.479. The van der Waals surface area contributed by atoms with Crippen LogP contribution >= 0.6 is 0 Å². The molecule has 0 N–H and O–H groups in total. The summed E-state index contributed by atoms with van der Waals surface area (Å²) in [6.07, 6.45) is 5.84. The van der Waals surface area contributed by atoms with E-state index >= 15 is 0 Å². The SMILES string of the molecule is CCCOC(=O)C=Cc1cc(OCCC)cc(OCCC)c1. The Hall–Kier alpha value is -1.97. The summed E-state index contributed by atoms with van der Waals surface area (Å²) >= 11 is 0. The first-order chi connectivity index (χ1) is 10.7. The Bertz CT molecular complexity index is 454. The molecule has 0 bridgehead atoms. The van der Waals surface area contributed by atoms with Gasteiger partial charge in [0, 0.05) is 12.1 Å². The smallest absolute Gasteiger partial charge is 0.330 e. The molecule has 0 heterocycles. The van der Waals surface area contributed by atoms with Crippen molar-refractivity contribution in [2.45, 2.75) is 40.0 Å². The van der Waals surface area contributed by atoms with Crippen molar-refractivity contribution < 1.29 is 19.0 Å². The van der Waals surface area contributed by atoms with Crippen molar-refractivity contribution >= 4 is 12.0 Å². The molecular weight excluding hydrogens is 280 g/mol. The van der Waals surface area contributed by atoms with Gasteiger partial charge < -0.3 is 14.2 Å². The van der Waals surface area contributed by atoms with Crippen molar-refractivity contribution in [1.82, 2.24) is 0 Å². The highest BCUT2D eigenvalue weighted by atomic mass is 16.5. The number of carbonyl (C=O) groups excluding carboxylic acids is 1. The third-order valence-electron chi connectivity index (χ3n) is 2.71. The topological polar surface area (TPSA) is 44.8 Å². The van der Waals surface area contributed by atoms with Crippen molar-refractivity contribution in [1.29, 1.82) is 0 Å². The van der Waals surface area contributed by atoms with Crippen LogP contribution in [0.2, 0.25) is 0 Å². The zero-order valence-corrected chi connectivity index (χ0v) is 13.8. The van der Waals surface area contributed by atoms with Gasteiger partial charge in [-0.25, -0.2) is 4.79 Å². The number of carbonyl (C=O) groups is 1. The third kappa shape index (κ3) is 7.16. The van der Waals surface area contributed by atoms with Crippen LogP contribution in [-0.2, 0) is 9.53 Å². The highest BCUT2D eigenvalue weighted by molar-refractivity contribution is 5.87. The van der Waals surface area contributed by atoms with Gasteiger partial charge in [0.1, 0.15) is 11.5 Å². The molecule has 4 heteroatoms. The lowest BCUT2D eigenvalue weighted by molar-refractivity contribution is -0.137. The number of esters is 1. The Balaban J connectivity index is 2.81. The Labute approximate surface area is 133 Å². The van der Waals surface area contributed by atoms with Gasteiger partial charge in [-0.1, -0.05) is 20.8 Å². The molecule has 1 aromatic carbocycles. The predicted octanol–water partition coefficient (Wildman–Crippen LogP) is 4.23. The summed E-state index contributed by atoms with van der Waals surface area (Å²) in [6.45, 7) is 7.82. The lowest BCUT2D eigenvalue weighted by Crippen LogP contribution is -2.01. The third-order valence-corrected chi connectivity index (χ3v) is 2.71. The Morgan fingerprint density at radius 1 is 0.909 bits per heavy atom. The van der Waals surface area contributed by atoms with E-state index in [-0.39, 0.29) is 5.97 Å². The minimum atomic E-state index is -0.335. The van der Waals surface area contributed by atoms with Gasteiger partial charge in [0.05, 0.1) is 19.8 Å². The highest BCUT2D eigenvalue weighted by Crippen LogP contribution is 2.24. The van der Waals surface area contributed by atoms with Crippen LogP contribution in [-0.4, -0.2) is 25.8 Å². The van der Waals surface area contributed by atoms with E-state index in [1.807, 2.05) is 25.1 Å². The van der Waals surface area contributed by atoms with Crippen LogP contribution in [0.25, 0.3) is 6.08 Å². The molecule has 0 fully saturated rings. The van der Waals surface area contributed by atoms with Crippen LogP contribution in [0.4, 0.5) is 0 Å². The number of hydrogen-bond acceptors (Lipinski definition) is 4. The molecule has 22 heavy (non-hydrogen) atoms. The maximum Gasteiger partial charge on any atom is 0.330 e. The van der Waals surface area contributed by atoms with Crippen molar-refractivity contribution in [3.63, 3.8) is 0 Å². The van der Waals surface area contributed by atoms with Crippen molar-refractivity contribution in [2.75, 3.05) is 19.8 Å². The van der Waals surface area contributed by atoms with Gasteiger partial charge in [0.15, 0.2) is 0 Å². The Kier molecular flexibility index (Phi) is 8.80. The van der Waals surface area contributed by atoms with Gasteiger partial charge in [-0.2, -0.15) is 0 Å². The summed E-state index contributed by atoms with van der Waals surface area (Å²) in [4.78, 5) is 11.5. The number of benzene rings is 1. The van der Waals surface area contributed by atoms with E-state index in [2.05, 4.69) is 13.8 Å². The average Bonchev–Trinajstić information content (AvgIpc) is 2.54. The van der Waals surface area contributed by atoms with E-state index in [0.717, 1.165) is 36.3 Å². The molecule has 0 unspecified atom stereocenters. The van der Waals surface area contributed by atoms with Crippen LogP contribution in [0, 0.1) is 0 Å². The van der Waals surface area contributed by atoms with Crippen LogP contribution in [0.3, 0.4) is 0 Å². The van der Waals surface area contributed by atoms with Crippen LogP contribution in [0.15, 0.2) is 24.3 Å². The molecular formula is C18H26O4. The first-order valence-corrected chi connectivity index (χ1v) is 7.95. The molecule has 0 radical (unpaired) electrons. The summed E-state index contributed by atoms with van der Waals surface area (Å²) < 4.78 is 16.3. The molecule has 0 amide bonds. The molecule has 0 aromatic heterocycles. The van der Waals surface area contributed by atoms with Gasteiger partial charge in [0.2, 0.25) is 0 Å². The first-order valence-electron chi connectivity index (χ1n) is 7.95. The normalized spacial score (nSPS) is 10.7. The van der Waals surface area contributed by atoms with Crippen LogP contribution in [0.1, 0.15) is 45.6 Å². The molecule has 0 aliphatic carbocycles. The fourth-order valence-electron chi connectivity index (χ4n) is 1.71. The summed E-state index contributed by atoms with van der Waals surface area (Å²) in [7, 11) is 0. The average molecular weight is 306 g/mol. The van der Waals surface area contributed by atoms with E-state index in [0.29, 0.717) is 19.8 Å². The van der Waals surface area contributed by atoms with Gasteiger partial charge in [-0.3, -0.25) is 0 Å². The fourth-order valence-corrected chi connectivity index (χ4v) is 1.71. The van der Waals surface area contributed by atoms with Crippen molar-refractivity contribution in [3.05, 3.63) is 29.8 Å². The minimum Gasteiger partial charge on any atom is -0.493 e. The van der Waals surface area contributed by atoms with Gasteiger partial charge in [-0.05, 0) is 43.0 Å². The summed E-state index contributed by atoms with van der Waals surface area (Å²) in [5.41, 5.74) is 0.855. The van der Waals surface area contributed by atoms with Crippen molar-refractivity contribution in [2.24, 2.45) is 0 Å². The van der Waals surface area contributed by atoms with E-state index < -0.39 is 0 Å². The fraction of sp³-hybridized carbons (Fsp3) is 0.500. The minimum absolute atomic E-state index is 0.335. The molecule has 1 aromatic rings. The largest absolute Gasteiger partial charge is 0.493 e. The highest BCUT2D eigenvalue weighted by Gasteiger charge is 2.03. The van der Waals surface area contributed by atoms with Gasteiger partial charge in [-0.15, -0.1) is 0 Å². The maximum absolute atomic E-state index is 11.5.